The molecule has 1 atom stereocenters. The Bertz CT molecular complexity index is 423. The van der Waals surface area contributed by atoms with Crippen LogP contribution >= 0.6 is 0 Å². The monoisotopic (exact) mass is 262 g/mol. The first kappa shape index (κ1) is 14.4. The van der Waals surface area contributed by atoms with Crippen molar-refractivity contribution in [3.8, 4) is 5.75 Å². The van der Waals surface area contributed by atoms with E-state index in [0.717, 1.165) is 31.7 Å². The third kappa shape index (κ3) is 3.95. The SMILES string of the molecule is CN[C@@H]1CCCOc2cc(CNC(C)(C)C)ccc21. The second kappa shape index (κ2) is 5.93. The van der Waals surface area contributed by atoms with Gasteiger partial charge in [0, 0.05) is 23.7 Å². The minimum Gasteiger partial charge on any atom is -0.493 e. The second-order valence-corrected chi connectivity index (χ2v) is 6.31. The molecule has 0 saturated heterocycles. The minimum atomic E-state index is 0.140. The van der Waals surface area contributed by atoms with Crippen LogP contribution in [0.1, 0.15) is 50.8 Å². The van der Waals surface area contributed by atoms with Crippen LogP contribution in [0.25, 0.3) is 0 Å². The van der Waals surface area contributed by atoms with Gasteiger partial charge in [-0.2, -0.15) is 0 Å². The fraction of sp³-hybridized carbons (Fsp3) is 0.625. The van der Waals surface area contributed by atoms with E-state index in [4.69, 9.17) is 4.74 Å². The van der Waals surface area contributed by atoms with Gasteiger partial charge in [-0.15, -0.1) is 0 Å². The highest BCUT2D eigenvalue weighted by atomic mass is 16.5. The summed E-state index contributed by atoms with van der Waals surface area (Å²) in [6.45, 7) is 8.25. The molecule has 0 aliphatic carbocycles. The molecule has 3 heteroatoms. The smallest absolute Gasteiger partial charge is 0.124 e. The van der Waals surface area contributed by atoms with Gasteiger partial charge in [0.2, 0.25) is 0 Å². The molecule has 0 fully saturated rings. The Morgan fingerprint density at radius 2 is 2.11 bits per heavy atom. The summed E-state index contributed by atoms with van der Waals surface area (Å²) in [5.41, 5.74) is 2.71. The number of fused-ring (bicyclic) bond motifs is 1. The summed E-state index contributed by atoms with van der Waals surface area (Å²) >= 11 is 0. The van der Waals surface area contributed by atoms with Crippen LogP contribution in [-0.2, 0) is 6.54 Å². The molecule has 0 amide bonds. The Morgan fingerprint density at radius 3 is 2.79 bits per heavy atom. The lowest BCUT2D eigenvalue weighted by Crippen LogP contribution is -2.35. The summed E-state index contributed by atoms with van der Waals surface area (Å²) in [6.07, 6.45) is 2.25. The summed E-state index contributed by atoms with van der Waals surface area (Å²) in [5.74, 6) is 1.05. The summed E-state index contributed by atoms with van der Waals surface area (Å²) in [7, 11) is 2.02. The lowest BCUT2D eigenvalue weighted by atomic mass is 10.00. The first-order valence-electron chi connectivity index (χ1n) is 7.17. The lowest BCUT2D eigenvalue weighted by Gasteiger charge is -2.21. The van der Waals surface area contributed by atoms with E-state index in [0.29, 0.717) is 6.04 Å². The maximum atomic E-state index is 5.89. The van der Waals surface area contributed by atoms with Gasteiger partial charge < -0.3 is 15.4 Å². The van der Waals surface area contributed by atoms with Crippen LogP contribution in [0.5, 0.6) is 5.75 Å². The van der Waals surface area contributed by atoms with Gasteiger partial charge >= 0.3 is 0 Å². The highest BCUT2D eigenvalue weighted by molar-refractivity contribution is 5.40. The fourth-order valence-corrected chi connectivity index (χ4v) is 2.39. The number of hydrogen-bond acceptors (Lipinski definition) is 3. The molecule has 2 rings (SSSR count). The predicted molar refractivity (Wildman–Crippen MR) is 79.6 cm³/mol. The highest BCUT2D eigenvalue weighted by Gasteiger charge is 2.18. The van der Waals surface area contributed by atoms with Crippen molar-refractivity contribution in [3.05, 3.63) is 29.3 Å². The molecular weight excluding hydrogens is 236 g/mol. The molecule has 3 nitrogen and oxygen atoms in total. The molecule has 1 heterocycles. The van der Waals surface area contributed by atoms with Gasteiger partial charge in [0.1, 0.15) is 5.75 Å². The number of hydrogen-bond donors (Lipinski definition) is 2. The van der Waals surface area contributed by atoms with Crippen molar-refractivity contribution >= 4 is 0 Å². The molecule has 0 radical (unpaired) electrons. The Balaban J connectivity index is 2.15. The minimum absolute atomic E-state index is 0.140. The average Bonchev–Trinajstić information content (AvgIpc) is 2.56. The zero-order valence-electron chi connectivity index (χ0n) is 12.5. The number of rotatable bonds is 3. The van der Waals surface area contributed by atoms with Crippen molar-refractivity contribution in [2.45, 2.75) is 51.7 Å². The normalized spacial score (nSPS) is 19.5. The standard InChI is InChI=1S/C16H26N2O/c1-16(2,3)18-11-12-7-8-13-14(17-4)6-5-9-19-15(13)10-12/h7-8,10,14,17-18H,5-6,9,11H2,1-4H3/t14-/m1/s1. The molecule has 1 aliphatic heterocycles. The molecule has 1 aromatic rings. The summed E-state index contributed by atoms with van der Waals surface area (Å²) < 4.78 is 5.89. The van der Waals surface area contributed by atoms with Crippen LogP contribution in [0, 0.1) is 0 Å². The quantitative estimate of drug-likeness (QED) is 0.878. The van der Waals surface area contributed by atoms with E-state index >= 15 is 0 Å². The Kier molecular flexibility index (Phi) is 4.48. The maximum Gasteiger partial charge on any atom is 0.124 e. The lowest BCUT2D eigenvalue weighted by molar-refractivity contribution is 0.315. The van der Waals surface area contributed by atoms with Crippen LogP contribution in [0.3, 0.4) is 0 Å². The topological polar surface area (TPSA) is 33.3 Å². The highest BCUT2D eigenvalue weighted by Crippen LogP contribution is 2.32. The zero-order chi connectivity index (χ0) is 13.9. The van der Waals surface area contributed by atoms with Gasteiger partial charge in [0.05, 0.1) is 6.61 Å². The van der Waals surface area contributed by atoms with Crippen LogP contribution in [0.2, 0.25) is 0 Å². The van der Waals surface area contributed by atoms with Gasteiger partial charge in [-0.1, -0.05) is 12.1 Å². The molecule has 1 aromatic carbocycles. The van der Waals surface area contributed by atoms with E-state index in [2.05, 4.69) is 49.6 Å². The van der Waals surface area contributed by atoms with E-state index in [9.17, 15) is 0 Å². The second-order valence-electron chi connectivity index (χ2n) is 6.31. The van der Waals surface area contributed by atoms with E-state index in [-0.39, 0.29) is 5.54 Å². The van der Waals surface area contributed by atoms with Gasteiger partial charge in [-0.3, -0.25) is 0 Å². The Labute approximate surface area is 116 Å². The molecule has 0 spiro atoms. The van der Waals surface area contributed by atoms with Gasteiger partial charge in [0.15, 0.2) is 0 Å². The van der Waals surface area contributed by atoms with Gasteiger partial charge in [-0.05, 0) is 52.3 Å². The fourth-order valence-electron chi connectivity index (χ4n) is 2.39. The van der Waals surface area contributed by atoms with Crippen molar-refractivity contribution in [1.82, 2.24) is 10.6 Å². The molecular formula is C16H26N2O. The molecule has 0 saturated carbocycles. The van der Waals surface area contributed by atoms with Gasteiger partial charge in [-0.25, -0.2) is 0 Å². The summed E-state index contributed by atoms with van der Waals surface area (Å²) in [5, 5.41) is 6.89. The molecule has 2 N–H and O–H groups in total. The van der Waals surface area contributed by atoms with E-state index < -0.39 is 0 Å². The molecule has 0 aromatic heterocycles. The van der Waals surface area contributed by atoms with E-state index in [1.54, 1.807) is 0 Å². The Hall–Kier alpha value is -1.06. The van der Waals surface area contributed by atoms with Crippen LogP contribution < -0.4 is 15.4 Å². The predicted octanol–water partition coefficient (Wildman–Crippen LogP) is 3.01. The van der Waals surface area contributed by atoms with Crippen molar-refractivity contribution in [2.24, 2.45) is 0 Å². The largest absolute Gasteiger partial charge is 0.493 e. The molecule has 0 bridgehead atoms. The molecule has 0 unspecified atom stereocenters. The van der Waals surface area contributed by atoms with E-state index in [1.165, 1.54) is 11.1 Å². The van der Waals surface area contributed by atoms with Crippen LogP contribution in [0.4, 0.5) is 0 Å². The first-order valence-corrected chi connectivity index (χ1v) is 7.17. The number of benzene rings is 1. The van der Waals surface area contributed by atoms with Crippen molar-refractivity contribution in [2.75, 3.05) is 13.7 Å². The third-order valence-corrected chi connectivity index (χ3v) is 3.52. The van der Waals surface area contributed by atoms with Crippen molar-refractivity contribution in [1.29, 1.82) is 0 Å². The third-order valence-electron chi connectivity index (χ3n) is 3.52. The average molecular weight is 262 g/mol. The van der Waals surface area contributed by atoms with Crippen molar-refractivity contribution < 1.29 is 4.74 Å². The molecule has 1 aliphatic rings. The number of ether oxygens (including phenoxy) is 1. The number of nitrogens with one attached hydrogen (secondary N) is 2. The van der Waals surface area contributed by atoms with Crippen molar-refractivity contribution in [3.63, 3.8) is 0 Å². The first-order chi connectivity index (χ1) is 8.99. The zero-order valence-corrected chi connectivity index (χ0v) is 12.5. The summed E-state index contributed by atoms with van der Waals surface area (Å²) in [6, 6.07) is 7.02. The van der Waals surface area contributed by atoms with E-state index in [1.807, 2.05) is 7.05 Å². The van der Waals surface area contributed by atoms with Crippen LogP contribution in [0.15, 0.2) is 18.2 Å². The van der Waals surface area contributed by atoms with Gasteiger partial charge in [0.25, 0.3) is 0 Å². The summed E-state index contributed by atoms with van der Waals surface area (Å²) in [4.78, 5) is 0. The Morgan fingerprint density at radius 1 is 1.32 bits per heavy atom. The molecule has 106 valence electrons. The maximum absolute atomic E-state index is 5.89. The van der Waals surface area contributed by atoms with Crippen LogP contribution in [-0.4, -0.2) is 19.2 Å². The molecule has 19 heavy (non-hydrogen) atoms.